The zero-order chi connectivity index (χ0) is 18.4. The highest BCUT2D eigenvalue weighted by atomic mass is 19.4. The van der Waals surface area contributed by atoms with Crippen molar-refractivity contribution >= 4 is 17.1 Å². The van der Waals surface area contributed by atoms with E-state index in [1.165, 1.54) is 5.01 Å². The molecule has 0 saturated heterocycles. The van der Waals surface area contributed by atoms with E-state index >= 15 is 0 Å². The Bertz CT molecular complexity index is 788. The van der Waals surface area contributed by atoms with Crippen LogP contribution >= 0.6 is 0 Å². The van der Waals surface area contributed by atoms with Crippen LogP contribution in [0.2, 0.25) is 0 Å². The molecule has 6 nitrogen and oxygen atoms in total. The van der Waals surface area contributed by atoms with Crippen LogP contribution in [0.4, 0.5) is 30.2 Å². The van der Waals surface area contributed by atoms with Gasteiger partial charge in [-0.3, -0.25) is 20.5 Å². The number of hydrazine groups is 1. The van der Waals surface area contributed by atoms with Crippen molar-refractivity contribution in [3.8, 4) is 6.07 Å². The van der Waals surface area contributed by atoms with Crippen LogP contribution in [0.15, 0.2) is 48.5 Å². The number of alkyl halides is 3. The molecule has 0 aliphatic rings. The Hall–Kier alpha value is -3.28. The molecule has 0 spiro atoms. The van der Waals surface area contributed by atoms with Crippen LogP contribution in [0.3, 0.4) is 0 Å². The maximum Gasteiger partial charge on any atom is 0.416 e. The summed E-state index contributed by atoms with van der Waals surface area (Å²) in [6.45, 7) is 0.193. The molecule has 2 aromatic carbocycles. The largest absolute Gasteiger partial charge is 0.416 e. The van der Waals surface area contributed by atoms with Crippen LogP contribution in [0, 0.1) is 21.4 Å². The summed E-state index contributed by atoms with van der Waals surface area (Å²) in [6, 6.07) is 12.9. The first-order valence-corrected chi connectivity index (χ1v) is 7.15. The number of benzene rings is 2. The topological polar surface area (TPSA) is 82.2 Å². The Labute approximate surface area is 141 Å². The smallest absolute Gasteiger partial charge is 0.292 e. The third-order valence-corrected chi connectivity index (χ3v) is 3.29. The van der Waals surface area contributed by atoms with Crippen LogP contribution in [-0.2, 0) is 6.18 Å². The molecular formula is C16H13F3N4O2. The zero-order valence-electron chi connectivity index (χ0n) is 12.8. The average molecular weight is 350 g/mol. The summed E-state index contributed by atoms with van der Waals surface area (Å²) in [5.74, 6) is 0. The zero-order valence-corrected chi connectivity index (χ0v) is 12.8. The normalized spacial score (nSPS) is 10.8. The number of anilines is 2. The molecule has 0 amide bonds. The van der Waals surface area contributed by atoms with Crippen LogP contribution in [0.25, 0.3) is 0 Å². The van der Waals surface area contributed by atoms with Gasteiger partial charge in [0.1, 0.15) is 5.69 Å². The summed E-state index contributed by atoms with van der Waals surface area (Å²) in [5, 5.41) is 21.4. The fourth-order valence-corrected chi connectivity index (χ4v) is 2.12. The molecule has 25 heavy (non-hydrogen) atoms. The summed E-state index contributed by atoms with van der Waals surface area (Å²) in [5.41, 5.74) is 1.45. The molecule has 1 N–H and O–H groups in total. The van der Waals surface area contributed by atoms with E-state index in [1.54, 1.807) is 30.3 Å². The molecular weight excluding hydrogens is 337 g/mol. The van der Waals surface area contributed by atoms with Gasteiger partial charge in [0.05, 0.1) is 35.2 Å². The molecule has 0 saturated carbocycles. The number of hydrogen-bond donors (Lipinski definition) is 1. The first-order valence-electron chi connectivity index (χ1n) is 7.15. The monoisotopic (exact) mass is 350 g/mol. The SMILES string of the molecule is N#CCCN(Nc1ccc(C(F)(F)F)cc1[N+](=O)[O-])c1ccccc1. The number of rotatable bonds is 6. The maximum atomic E-state index is 12.8. The minimum absolute atomic E-state index is 0.0974. The lowest BCUT2D eigenvalue weighted by Gasteiger charge is -2.25. The lowest BCUT2D eigenvalue weighted by molar-refractivity contribution is -0.384. The summed E-state index contributed by atoms with van der Waals surface area (Å²) in [4.78, 5) is 10.3. The van der Waals surface area contributed by atoms with Crippen molar-refractivity contribution < 1.29 is 18.1 Å². The number of nitrogens with zero attached hydrogens (tertiary/aromatic N) is 3. The number of para-hydroxylation sites is 1. The van der Waals surface area contributed by atoms with Gasteiger partial charge in [-0.1, -0.05) is 18.2 Å². The van der Waals surface area contributed by atoms with Gasteiger partial charge in [-0.15, -0.1) is 0 Å². The highest BCUT2D eigenvalue weighted by molar-refractivity contribution is 5.66. The van der Waals surface area contributed by atoms with Gasteiger partial charge in [0.15, 0.2) is 0 Å². The third kappa shape index (κ3) is 4.60. The van der Waals surface area contributed by atoms with Crippen LogP contribution in [0.5, 0.6) is 0 Å². The van der Waals surface area contributed by atoms with E-state index in [1.807, 2.05) is 6.07 Å². The Morgan fingerprint density at radius 1 is 1.20 bits per heavy atom. The Kier molecular flexibility index (Phi) is 5.44. The van der Waals surface area contributed by atoms with Gasteiger partial charge < -0.3 is 0 Å². The van der Waals surface area contributed by atoms with E-state index in [2.05, 4.69) is 5.43 Å². The number of nitriles is 1. The Morgan fingerprint density at radius 3 is 2.44 bits per heavy atom. The molecule has 0 aliphatic carbocycles. The highest BCUT2D eigenvalue weighted by Gasteiger charge is 2.33. The number of nitrogens with one attached hydrogen (secondary N) is 1. The molecule has 0 fully saturated rings. The fraction of sp³-hybridized carbons (Fsp3) is 0.188. The van der Waals surface area contributed by atoms with Gasteiger partial charge in [-0.25, -0.2) is 0 Å². The molecule has 130 valence electrons. The maximum absolute atomic E-state index is 12.8. The quantitative estimate of drug-likeness (QED) is 0.618. The van der Waals surface area contributed by atoms with Gasteiger partial charge in [-0.2, -0.15) is 18.4 Å². The molecule has 2 rings (SSSR count). The summed E-state index contributed by atoms with van der Waals surface area (Å²) in [7, 11) is 0. The van der Waals surface area contributed by atoms with E-state index < -0.39 is 22.4 Å². The number of halogens is 3. The van der Waals surface area contributed by atoms with Crippen molar-refractivity contribution in [1.82, 2.24) is 0 Å². The second-order valence-electron chi connectivity index (χ2n) is 4.99. The molecule has 0 atom stereocenters. The van der Waals surface area contributed by atoms with E-state index in [9.17, 15) is 23.3 Å². The molecule has 0 aliphatic heterocycles. The van der Waals surface area contributed by atoms with Crippen molar-refractivity contribution in [3.63, 3.8) is 0 Å². The van der Waals surface area contributed by atoms with Gasteiger partial charge in [0.25, 0.3) is 5.69 Å². The lowest BCUT2D eigenvalue weighted by atomic mass is 10.1. The number of hydrogen-bond acceptors (Lipinski definition) is 5. The van der Waals surface area contributed by atoms with Crippen molar-refractivity contribution in [3.05, 3.63) is 64.2 Å². The summed E-state index contributed by atoms with van der Waals surface area (Å²) in [6.07, 6.45) is -4.56. The molecule has 0 heterocycles. The summed E-state index contributed by atoms with van der Waals surface area (Å²) >= 11 is 0. The van der Waals surface area contributed by atoms with Gasteiger partial charge in [0, 0.05) is 6.07 Å². The van der Waals surface area contributed by atoms with E-state index in [0.29, 0.717) is 11.8 Å². The predicted octanol–water partition coefficient (Wildman–Crippen LogP) is 4.36. The molecule has 0 aromatic heterocycles. The second kappa shape index (κ2) is 7.53. The van der Waals surface area contributed by atoms with Crippen molar-refractivity contribution in [1.29, 1.82) is 5.26 Å². The van der Waals surface area contributed by atoms with E-state index in [-0.39, 0.29) is 18.7 Å². The molecule has 0 radical (unpaired) electrons. The van der Waals surface area contributed by atoms with Crippen LogP contribution in [-0.4, -0.2) is 11.5 Å². The lowest BCUT2D eigenvalue weighted by Crippen LogP contribution is -2.31. The predicted molar refractivity (Wildman–Crippen MR) is 85.7 cm³/mol. The van der Waals surface area contributed by atoms with Crippen molar-refractivity contribution in [2.24, 2.45) is 0 Å². The van der Waals surface area contributed by atoms with Crippen molar-refractivity contribution in [2.45, 2.75) is 12.6 Å². The molecule has 2 aromatic rings. The summed E-state index contributed by atoms with van der Waals surface area (Å²) < 4.78 is 38.3. The third-order valence-electron chi connectivity index (χ3n) is 3.29. The average Bonchev–Trinajstić information content (AvgIpc) is 2.58. The first kappa shape index (κ1) is 18.1. The fourth-order valence-electron chi connectivity index (χ4n) is 2.12. The Morgan fingerprint density at radius 2 is 1.88 bits per heavy atom. The highest BCUT2D eigenvalue weighted by Crippen LogP contribution is 2.35. The van der Waals surface area contributed by atoms with Gasteiger partial charge >= 0.3 is 6.18 Å². The molecule has 9 heteroatoms. The van der Waals surface area contributed by atoms with Crippen molar-refractivity contribution in [2.75, 3.05) is 17.0 Å². The molecule has 0 unspecified atom stereocenters. The van der Waals surface area contributed by atoms with Gasteiger partial charge in [-0.05, 0) is 24.3 Å². The minimum atomic E-state index is -4.68. The first-order chi connectivity index (χ1) is 11.8. The number of nitro groups is 1. The van der Waals surface area contributed by atoms with E-state index in [0.717, 1.165) is 12.1 Å². The Balaban J connectivity index is 2.38. The number of nitro benzene ring substituents is 1. The standard InChI is InChI=1S/C16H13F3N4O2/c17-16(18,19)12-7-8-14(15(11-12)23(24)25)21-22(10-4-9-20)13-5-2-1-3-6-13/h1-3,5-8,11,21H,4,10H2. The van der Waals surface area contributed by atoms with Crippen LogP contribution < -0.4 is 10.4 Å². The van der Waals surface area contributed by atoms with Gasteiger partial charge in [0.2, 0.25) is 0 Å². The second-order valence-corrected chi connectivity index (χ2v) is 4.99. The van der Waals surface area contributed by atoms with Crippen LogP contribution in [0.1, 0.15) is 12.0 Å². The molecule has 0 bridgehead atoms. The van der Waals surface area contributed by atoms with E-state index in [4.69, 9.17) is 5.26 Å². The minimum Gasteiger partial charge on any atom is -0.292 e.